The number of aromatic nitrogens is 2. The molecule has 1 atom stereocenters. The van der Waals surface area contributed by atoms with Crippen LogP contribution in [-0.2, 0) is 16.1 Å². The van der Waals surface area contributed by atoms with E-state index in [2.05, 4.69) is 10.3 Å². The molecule has 1 rings (SSSR count). The van der Waals surface area contributed by atoms with E-state index < -0.39 is 23.6 Å². The van der Waals surface area contributed by atoms with Crippen molar-refractivity contribution in [2.45, 2.75) is 32.4 Å². The number of carbonyl (C=O) groups is 2. The molecule has 7 heteroatoms. The third-order valence-corrected chi connectivity index (χ3v) is 2.31. The highest BCUT2D eigenvalue weighted by molar-refractivity contribution is 5.83. The summed E-state index contributed by atoms with van der Waals surface area (Å²) >= 11 is 0. The monoisotopic (exact) mass is 253 g/mol. The van der Waals surface area contributed by atoms with Crippen molar-refractivity contribution in [3.05, 3.63) is 28.9 Å². The van der Waals surface area contributed by atoms with Crippen molar-refractivity contribution >= 4 is 11.9 Å². The largest absolute Gasteiger partial charge is 0.480 e. The Morgan fingerprint density at radius 2 is 2.28 bits per heavy atom. The van der Waals surface area contributed by atoms with E-state index in [1.807, 2.05) is 6.92 Å². The lowest BCUT2D eigenvalue weighted by Crippen LogP contribution is -2.43. The van der Waals surface area contributed by atoms with Gasteiger partial charge in [-0.15, -0.1) is 0 Å². The first kappa shape index (κ1) is 13.9. The second kappa shape index (κ2) is 6.53. The number of carboxylic acid groups (broad SMARTS) is 1. The van der Waals surface area contributed by atoms with Crippen LogP contribution < -0.4 is 11.0 Å². The van der Waals surface area contributed by atoms with Crippen LogP contribution in [0.2, 0.25) is 0 Å². The van der Waals surface area contributed by atoms with Crippen molar-refractivity contribution in [3.8, 4) is 0 Å². The van der Waals surface area contributed by atoms with Crippen LogP contribution in [0.25, 0.3) is 0 Å². The smallest absolute Gasteiger partial charge is 0.347 e. The number of carbonyl (C=O) groups excluding carboxylic acids is 1. The lowest BCUT2D eigenvalue weighted by atomic mass is 10.1. The molecule has 0 spiro atoms. The van der Waals surface area contributed by atoms with Crippen LogP contribution in [0, 0.1) is 0 Å². The first-order valence-corrected chi connectivity index (χ1v) is 5.58. The van der Waals surface area contributed by atoms with Gasteiger partial charge in [0.15, 0.2) is 0 Å². The Labute approximate surface area is 103 Å². The molecule has 1 amide bonds. The minimum Gasteiger partial charge on any atom is -0.480 e. The topological polar surface area (TPSA) is 101 Å². The molecule has 18 heavy (non-hydrogen) atoms. The highest BCUT2D eigenvalue weighted by Gasteiger charge is 2.18. The molecule has 0 aromatic carbocycles. The van der Waals surface area contributed by atoms with Crippen LogP contribution in [0.15, 0.2) is 23.3 Å². The molecular formula is C11H15N3O4. The van der Waals surface area contributed by atoms with E-state index in [4.69, 9.17) is 5.11 Å². The van der Waals surface area contributed by atoms with Gasteiger partial charge in [-0.1, -0.05) is 13.3 Å². The van der Waals surface area contributed by atoms with Gasteiger partial charge in [-0.05, 0) is 12.5 Å². The van der Waals surface area contributed by atoms with Crippen molar-refractivity contribution in [1.82, 2.24) is 14.9 Å². The predicted octanol–water partition coefficient (Wildman–Crippen LogP) is -0.387. The van der Waals surface area contributed by atoms with Crippen molar-refractivity contribution in [1.29, 1.82) is 0 Å². The molecule has 0 aliphatic heterocycles. The first-order chi connectivity index (χ1) is 8.54. The predicted molar refractivity (Wildman–Crippen MR) is 63.0 cm³/mol. The molecule has 0 saturated carbocycles. The van der Waals surface area contributed by atoms with Gasteiger partial charge in [0.1, 0.15) is 12.6 Å². The van der Waals surface area contributed by atoms with Gasteiger partial charge in [0, 0.05) is 12.4 Å². The number of nitrogens with one attached hydrogen (secondary N) is 1. The van der Waals surface area contributed by atoms with E-state index in [0.717, 1.165) is 4.57 Å². The number of hydrogen-bond donors (Lipinski definition) is 2. The van der Waals surface area contributed by atoms with E-state index in [9.17, 15) is 14.4 Å². The third-order valence-electron chi connectivity index (χ3n) is 2.31. The summed E-state index contributed by atoms with van der Waals surface area (Å²) in [5.74, 6) is -1.60. The van der Waals surface area contributed by atoms with Gasteiger partial charge in [-0.3, -0.25) is 9.36 Å². The quantitative estimate of drug-likeness (QED) is 0.719. The summed E-state index contributed by atoms with van der Waals surface area (Å²) in [6.45, 7) is 1.59. The summed E-state index contributed by atoms with van der Waals surface area (Å²) < 4.78 is 1.11. The van der Waals surface area contributed by atoms with Crippen molar-refractivity contribution in [2.24, 2.45) is 0 Å². The SMILES string of the molecule is CCC[C@@H](NC(=O)Cn1cccnc1=O)C(=O)O. The average molecular weight is 253 g/mol. The molecule has 98 valence electrons. The molecule has 0 fully saturated rings. The number of carboxylic acids is 1. The van der Waals surface area contributed by atoms with E-state index in [-0.39, 0.29) is 6.54 Å². The van der Waals surface area contributed by atoms with Gasteiger partial charge in [0.05, 0.1) is 0 Å². The zero-order valence-electron chi connectivity index (χ0n) is 10.00. The fraction of sp³-hybridized carbons (Fsp3) is 0.455. The summed E-state index contributed by atoms with van der Waals surface area (Å²) in [6.07, 6.45) is 3.74. The lowest BCUT2D eigenvalue weighted by molar-refractivity contribution is -0.142. The molecule has 0 aliphatic carbocycles. The maximum absolute atomic E-state index is 11.6. The van der Waals surface area contributed by atoms with E-state index in [1.165, 1.54) is 18.5 Å². The van der Waals surface area contributed by atoms with Crippen LogP contribution in [0.3, 0.4) is 0 Å². The van der Waals surface area contributed by atoms with Crippen LogP contribution in [0.5, 0.6) is 0 Å². The van der Waals surface area contributed by atoms with Crippen LogP contribution in [0.4, 0.5) is 0 Å². The van der Waals surface area contributed by atoms with Gasteiger partial charge >= 0.3 is 11.7 Å². The Morgan fingerprint density at radius 3 is 2.83 bits per heavy atom. The van der Waals surface area contributed by atoms with Crippen LogP contribution in [-0.4, -0.2) is 32.6 Å². The zero-order valence-corrected chi connectivity index (χ0v) is 10.00. The minimum atomic E-state index is -1.08. The summed E-state index contributed by atoms with van der Waals surface area (Å²) in [7, 11) is 0. The first-order valence-electron chi connectivity index (χ1n) is 5.58. The standard InChI is InChI=1S/C11H15N3O4/c1-2-4-8(10(16)17)13-9(15)7-14-6-3-5-12-11(14)18/h3,5-6,8H,2,4,7H2,1H3,(H,13,15)(H,16,17)/t8-/m1/s1. The molecule has 7 nitrogen and oxygen atoms in total. The zero-order chi connectivity index (χ0) is 13.5. The lowest BCUT2D eigenvalue weighted by Gasteiger charge is -2.13. The maximum atomic E-state index is 11.6. The fourth-order valence-corrected chi connectivity index (χ4v) is 1.45. The molecule has 0 aliphatic rings. The molecule has 0 unspecified atom stereocenters. The van der Waals surface area contributed by atoms with Crippen molar-refractivity contribution in [3.63, 3.8) is 0 Å². The van der Waals surface area contributed by atoms with Gasteiger partial charge in [0.2, 0.25) is 5.91 Å². The normalized spacial score (nSPS) is 11.8. The second-order valence-electron chi connectivity index (χ2n) is 3.78. The number of hydrogen-bond acceptors (Lipinski definition) is 4. The summed E-state index contributed by atoms with van der Waals surface area (Å²) in [4.78, 5) is 37.2. The van der Waals surface area contributed by atoms with E-state index in [0.29, 0.717) is 12.8 Å². The number of nitrogens with zero attached hydrogens (tertiary/aromatic N) is 2. The highest BCUT2D eigenvalue weighted by Crippen LogP contribution is 1.97. The molecule has 0 radical (unpaired) electrons. The van der Waals surface area contributed by atoms with Crippen LogP contribution >= 0.6 is 0 Å². The molecule has 1 aromatic heterocycles. The minimum absolute atomic E-state index is 0.236. The summed E-state index contributed by atoms with van der Waals surface area (Å²) in [6, 6.07) is 0.602. The summed E-state index contributed by atoms with van der Waals surface area (Å²) in [5, 5.41) is 11.2. The molecule has 0 bridgehead atoms. The average Bonchev–Trinajstić information content (AvgIpc) is 2.31. The Bertz CT molecular complexity index is 483. The van der Waals surface area contributed by atoms with Crippen molar-refractivity contribution in [2.75, 3.05) is 0 Å². The van der Waals surface area contributed by atoms with Crippen molar-refractivity contribution < 1.29 is 14.7 Å². The summed E-state index contributed by atoms with van der Waals surface area (Å²) in [5.41, 5.74) is -0.546. The Morgan fingerprint density at radius 1 is 1.56 bits per heavy atom. The second-order valence-corrected chi connectivity index (χ2v) is 3.78. The van der Waals surface area contributed by atoms with Crippen LogP contribution in [0.1, 0.15) is 19.8 Å². The van der Waals surface area contributed by atoms with Gasteiger partial charge in [-0.25, -0.2) is 14.6 Å². The van der Waals surface area contributed by atoms with Gasteiger partial charge in [-0.2, -0.15) is 0 Å². The third kappa shape index (κ3) is 4.00. The Balaban J connectivity index is 2.63. The van der Waals surface area contributed by atoms with E-state index in [1.54, 1.807) is 0 Å². The number of aliphatic carboxylic acids is 1. The van der Waals surface area contributed by atoms with Gasteiger partial charge < -0.3 is 10.4 Å². The Kier molecular flexibility index (Phi) is 5.04. The van der Waals surface area contributed by atoms with E-state index >= 15 is 0 Å². The Hall–Kier alpha value is -2.18. The highest BCUT2D eigenvalue weighted by atomic mass is 16.4. The molecular weight excluding hydrogens is 238 g/mol. The van der Waals surface area contributed by atoms with Gasteiger partial charge in [0.25, 0.3) is 0 Å². The number of rotatable bonds is 6. The maximum Gasteiger partial charge on any atom is 0.347 e. The fourth-order valence-electron chi connectivity index (χ4n) is 1.45. The molecule has 2 N–H and O–H groups in total. The molecule has 0 saturated heterocycles. The molecule has 1 aromatic rings. The molecule has 1 heterocycles. The number of amides is 1.